The summed E-state index contributed by atoms with van der Waals surface area (Å²) in [7, 11) is 0. The lowest BCUT2D eigenvalue weighted by Crippen LogP contribution is -2.08. The highest BCUT2D eigenvalue weighted by Crippen LogP contribution is 2.21. The number of rotatable bonds is 7. The first-order chi connectivity index (χ1) is 10.1. The largest absolute Gasteiger partial charge is 0.399 e. The lowest BCUT2D eigenvalue weighted by Gasteiger charge is -2.08. The van der Waals surface area contributed by atoms with Crippen LogP contribution in [0.3, 0.4) is 0 Å². The van der Waals surface area contributed by atoms with Gasteiger partial charge in [-0.3, -0.25) is 0 Å². The molecule has 6 heteroatoms. The number of hydrogen-bond acceptors (Lipinski definition) is 5. The van der Waals surface area contributed by atoms with Gasteiger partial charge in [-0.25, -0.2) is 4.68 Å². The van der Waals surface area contributed by atoms with Crippen molar-refractivity contribution in [2.24, 2.45) is 5.92 Å². The van der Waals surface area contributed by atoms with Gasteiger partial charge in [0.15, 0.2) is 5.82 Å². The topological polar surface area (TPSA) is 78.8 Å². The minimum absolute atomic E-state index is 0.561. The molecule has 2 N–H and O–H groups in total. The molecule has 0 unspecified atom stereocenters. The number of nitrogens with two attached hydrogens (primary N) is 1. The van der Waals surface area contributed by atoms with Crippen LogP contribution in [0.5, 0.6) is 0 Å². The molecule has 2 aromatic rings. The maximum atomic E-state index is 5.84. The molecule has 6 nitrogen and oxygen atoms in total. The molecule has 0 aliphatic carbocycles. The number of aryl methyl sites for hydroxylation is 2. The zero-order valence-corrected chi connectivity index (χ0v) is 12.9. The molecule has 0 aliphatic heterocycles. The molecular formula is C15H23N5O. The summed E-state index contributed by atoms with van der Waals surface area (Å²) >= 11 is 0. The summed E-state index contributed by atoms with van der Waals surface area (Å²) < 4.78 is 7.38. The van der Waals surface area contributed by atoms with Crippen LogP contribution in [0.2, 0.25) is 0 Å². The van der Waals surface area contributed by atoms with E-state index in [1.807, 2.05) is 29.8 Å². The van der Waals surface area contributed by atoms with Crippen LogP contribution in [0.1, 0.15) is 25.8 Å². The molecule has 0 spiro atoms. The highest BCUT2D eigenvalue weighted by Gasteiger charge is 2.09. The zero-order valence-electron chi connectivity index (χ0n) is 12.9. The number of aromatic nitrogens is 4. The monoisotopic (exact) mass is 289 g/mol. The first kappa shape index (κ1) is 15.4. The zero-order chi connectivity index (χ0) is 15.2. The van der Waals surface area contributed by atoms with Crippen molar-refractivity contribution >= 4 is 5.69 Å². The Labute approximate surface area is 125 Å². The van der Waals surface area contributed by atoms with E-state index in [9.17, 15) is 0 Å². The van der Waals surface area contributed by atoms with E-state index in [-0.39, 0.29) is 0 Å². The van der Waals surface area contributed by atoms with Crippen molar-refractivity contribution in [3.8, 4) is 11.4 Å². The van der Waals surface area contributed by atoms with Gasteiger partial charge in [-0.1, -0.05) is 13.8 Å². The summed E-state index contributed by atoms with van der Waals surface area (Å²) in [6, 6.07) is 5.84. The number of benzene rings is 1. The Morgan fingerprint density at radius 2 is 2.14 bits per heavy atom. The number of tetrazole rings is 1. The second-order valence-corrected chi connectivity index (χ2v) is 5.62. The van der Waals surface area contributed by atoms with Crippen molar-refractivity contribution in [1.82, 2.24) is 20.2 Å². The van der Waals surface area contributed by atoms with Gasteiger partial charge in [0.2, 0.25) is 0 Å². The highest BCUT2D eigenvalue weighted by molar-refractivity contribution is 5.61. The average molecular weight is 289 g/mol. The third-order valence-electron chi connectivity index (χ3n) is 3.17. The molecule has 114 valence electrons. The quantitative estimate of drug-likeness (QED) is 0.625. The van der Waals surface area contributed by atoms with Gasteiger partial charge in [-0.05, 0) is 53.5 Å². The summed E-state index contributed by atoms with van der Waals surface area (Å²) in [6.07, 6.45) is 0.888. The van der Waals surface area contributed by atoms with Gasteiger partial charge in [-0.2, -0.15) is 0 Å². The van der Waals surface area contributed by atoms with Crippen LogP contribution in [-0.2, 0) is 11.3 Å². The molecule has 0 bridgehead atoms. The molecular weight excluding hydrogens is 266 g/mol. The number of ether oxygens (including phenoxy) is 1. The highest BCUT2D eigenvalue weighted by atomic mass is 16.5. The Morgan fingerprint density at radius 3 is 2.86 bits per heavy atom. The summed E-state index contributed by atoms with van der Waals surface area (Å²) in [4.78, 5) is 0. The SMILES string of the molecule is Cc1cc(-c2nnnn2CCCOCC(C)C)ccc1N. The second-order valence-electron chi connectivity index (χ2n) is 5.62. The van der Waals surface area contributed by atoms with E-state index in [0.29, 0.717) is 5.92 Å². The minimum Gasteiger partial charge on any atom is -0.399 e. The molecule has 21 heavy (non-hydrogen) atoms. The number of nitrogen functional groups attached to an aromatic ring is 1. The standard InChI is InChI=1S/C15H23N5O/c1-11(2)10-21-8-4-7-20-15(17-18-19-20)13-5-6-14(16)12(3)9-13/h5-6,9,11H,4,7-8,10,16H2,1-3H3. The van der Waals surface area contributed by atoms with E-state index in [0.717, 1.165) is 48.8 Å². The molecule has 1 heterocycles. The molecule has 1 aromatic carbocycles. The van der Waals surface area contributed by atoms with Crippen LogP contribution in [-0.4, -0.2) is 33.4 Å². The van der Waals surface area contributed by atoms with Crippen molar-refractivity contribution in [2.75, 3.05) is 18.9 Å². The fraction of sp³-hybridized carbons (Fsp3) is 0.533. The van der Waals surface area contributed by atoms with Gasteiger partial charge in [0.1, 0.15) is 0 Å². The Morgan fingerprint density at radius 1 is 1.33 bits per heavy atom. The summed E-state index contributed by atoms with van der Waals surface area (Å²) in [5, 5.41) is 11.9. The number of nitrogens with zero attached hydrogens (tertiary/aromatic N) is 4. The van der Waals surface area contributed by atoms with Gasteiger partial charge in [-0.15, -0.1) is 5.10 Å². The van der Waals surface area contributed by atoms with E-state index in [1.54, 1.807) is 0 Å². The number of hydrogen-bond donors (Lipinski definition) is 1. The van der Waals surface area contributed by atoms with Gasteiger partial charge < -0.3 is 10.5 Å². The minimum atomic E-state index is 0.561. The van der Waals surface area contributed by atoms with Crippen LogP contribution < -0.4 is 5.73 Å². The van der Waals surface area contributed by atoms with E-state index in [4.69, 9.17) is 10.5 Å². The predicted molar refractivity (Wildman–Crippen MR) is 82.7 cm³/mol. The van der Waals surface area contributed by atoms with Gasteiger partial charge >= 0.3 is 0 Å². The fourth-order valence-electron chi connectivity index (χ4n) is 2.01. The van der Waals surface area contributed by atoms with Crippen LogP contribution in [0, 0.1) is 12.8 Å². The molecule has 0 amide bonds. The predicted octanol–water partition coefficient (Wildman–Crippen LogP) is 2.29. The second kappa shape index (κ2) is 7.17. The Balaban J connectivity index is 1.96. The Hall–Kier alpha value is -1.95. The smallest absolute Gasteiger partial charge is 0.182 e. The van der Waals surface area contributed by atoms with Crippen molar-refractivity contribution in [2.45, 2.75) is 33.7 Å². The molecule has 0 saturated heterocycles. The molecule has 0 atom stereocenters. The molecule has 0 aliphatic rings. The van der Waals surface area contributed by atoms with E-state index >= 15 is 0 Å². The van der Waals surface area contributed by atoms with E-state index < -0.39 is 0 Å². The first-order valence-corrected chi connectivity index (χ1v) is 7.28. The maximum Gasteiger partial charge on any atom is 0.182 e. The third-order valence-corrected chi connectivity index (χ3v) is 3.17. The van der Waals surface area contributed by atoms with Crippen molar-refractivity contribution < 1.29 is 4.74 Å². The summed E-state index contributed by atoms with van der Waals surface area (Å²) in [5.74, 6) is 1.33. The fourth-order valence-corrected chi connectivity index (χ4v) is 2.01. The lowest BCUT2D eigenvalue weighted by atomic mass is 10.1. The summed E-state index contributed by atoms with van der Waals surface area (Å²) in [5.41, 5.74) is 8.63. The van der Waals surface area contributed by atoms with E-state index in [2.05, 4.69) is 29.4 Å². The van der Waals surface area contributed by atoms with E-state index in [1.165, 1.54) is 0 Å². The maximum absolute atomic E-state index is 5.84. The van der Waals surface area contributed by atoms with Crippen LogP contribution in [0.25, 0.3) is 11.4 Å². The third kappa shape index (κ3) is 4.26. The van der Waals surface area contributed by atoms with Crippen molar-refractivity contribution in [1.29, 1.82) is 0 Å². The van der Waals surface area contributed by atoms with Gasteiger partial charge in [0.25, 0.3) is 0 Å². The normalized spacial score (nSPS) is 11.2. The Kier molecular flexibility index (Phi) is 5.27. The Bertz CT molecular complexity index is 579. The first-order valence-electron chi connectivity index (χ1n) is 7.28. The van der Waals surface area contributed by atoms with Gasteiger partial charge in [0.05, 0.1) is 0 Å². The average Bonchev–Trinajstić information content (AvgIpc) is 2.89. The summed E-state index contributed by atoms with van der Waals surface area (Å²) in [6.45, 7) is 8.51. The van der Waals surface area contributed by atoms with Crippen molar-refractivity contribution in [3.05, 3.63) is 23.8 Å². The lowest BCUT2D eigenvalue weighted by molar-refractivity contribution is 0.105. The van der Waals surface area contributed by atoms with Gasteiger partial charge in [0, 0.05) is 31.0 Å². The molecule has 2 rings (SSSR count). The van der Waals surface area contributed by atoms with Crippen LogP contribution >= 0.6 is 0 Å². The molecule has 1 aromatic heterocycles. The van der Waals surface area contributed by atoms with Crippen molar-refractivity contribution in [3.63, 3.8) is 0 Å². The van der Waals surface area contributed by atoms with Crippen LogP contribution in [0.4, 0.5) is 5.69 Å². The molecule has 0 saturated carbocycles. The van der Waals surface area contributed by atoms with Crippen LogP contribution in [0.15, 0.2) is 18.2 Å². The molecule has 0 radical (unpaired) electrons. The molecule has 0 fully saturated rings. The number of anilines is 1.